The highest BCUT2D eigenvalue weighted by Gasteiger charge is 2.07. The summed E-state index contributed by atoms with van der Waals surface area (Å²) in [6.07, 6.45) is 2.46. The molecule has 0 saturated carbocycles. The fourth-order valence-corrected chi connectivity index (χ4v) is 3.76. The Hall–Kier alpha value is -3.14. The third kappa shape index (κ3) is 10.8. The van der Waals surface area contributed by atoms with Crippen molar-refractivity contribution in [2.75, 3.05) is 25.6 Å². The number of benzene rings is 2. The summed E-state index contributed by atoms with van der Waals surface area (Å²) in [7, 11) is 4.05. The van der Waals surface area contributed by atoms with Gasteiger partial charge in [0, 0.05) is 36.1 Å². The fourth-order valence-electron chi connectivity index (χ4n) is 2.81. The van der Waals surface area contributed by atoms with Gasteiger partial charge < -0.3 is 15.7 Å². The topological polar surface area (TPSA) is 90.3 Å². The van der Waals surface area contributed by atoms with Gasteiger partial charge in [-0.15, -0.1) is 11.3 Å². The van der Waals surface area contributed by atoms with E-state index >= 15 is 0 Å². The molecule has 0 aliphatic heterocycles. The number of hydrogen-bond acceptors (Lipinski definition) is 5. The molecular weight excluding hydrogens is 454 g/mol. The van der Waals surface area contributed by atoms with Crippen LogP contribution in [0.5, 0.6) is 0 Å². The van der Waals surface area contributed by atoms with Crippen molar-refractivity contribution in [3.8, 4) is 16.5 Å². The van der Waals surface area contributed by atoms with Crippen molar-refractivity contribution >= 4 is 39.8 Å². The van der Waals surface area contributed by atoms with Crippen LogP contribution in [-0.2, 0) is 4.79 Å². The molecule has 2 aromatic carbocycles. The van der Waals surface area contributed by atoms with Gasteiger partial charge in [-0.05, 0) is 71.0 Å². The van der Waals surface area contributed by atoms with Gasteiger partial charge in [-0.2, -0.15) is 5.26 Å². The number of carbonyl (C=O) groups excluding carboxylic acids is 1. The molecule has 0 spiro atoms. The van der Waals surface area contributed by atoms with Crippen LogP contribution >= 0.6 is 11.3 Å². The van der Waals surface area contributed by atoms with E-state index in [0.29, 0.717) is 12.5 Å². The van der Waals surface area contributed by atoms with Gasteiger partial charge in [0.2, 0.25) is 0 Å². The highest BCUT2D eigenvalue weighted by molar-refractivity contribution is 7.16. The molecule has 35 heavy (non-hydrogen) atoms. The summed E-state index contributed by atoms with van der Waals surface area (Å²) in [5, 5.41) is 19.5. The van der Waals surface area contributed by atoms with Crippen LogP contribution in [0.15, 0.2) is 54.1 Å². The normalized spacial score (nSPS) is 10.8. The third-order valence-electron chi connectivity index (χ3n) is 4.63. The van der Waals surface area contributed by atoms with Crippen LogP contribution in [-0.4, -0.2) is 31.7 Å². The van der Waals surface area contributed by atoms with Crippen LogP contribution in [0.2, 0.25) is 0 Å². The molecule has 6 heteroatoms. The van der Waals surface area contributed by atoms with E-state index in [-0.39, 0.29) is 5.57 Å². The quantitative estimate of drug-likeness (QED) is 0.295. The van der Waals surface area contributed by atoms with Crippen molar-refractivity contribution in [2.24, 2.45) is 17.6 Å². The average molecular weight is 494 g/mol. The summed E-state index contributed by atoms with van der Waals surface area (Å²) < 4.78 is 0. The number of hydrogen-bond donors (Lipinski definition) is 2. The Morgan fingerprint density at radius 3 is 2.14 bits per heavy atom. The second-order valence-electron chi connectivity index (χ2n) is 9.51. The molecule has 3 N–H and O–H groups in total. The van der Waals surface area contributed by atoms with Crippen LogP contribution in [0.4, 0.5) is 5.69 Å². The van der Waals surface area contributed by atoms with E-state index in [1.54, 1.807) is 0 Å². The molecule has 1 amide bonds. The first-order chi connectivity index (χ1) is 16.5. The molecule has 0 aliphatic carbocycles. The molecule has 0 unspecified atom stereocenters. The number of anilines is 1. The number of nitrogens with zero attached hydrogens (tertiary/aromatic N) is 2. The van der Waals surface area contributed by atoms with Gasteiger partial charge in [-0.1, -0.05) is 52.8 Å². The minimum Gasteiger partial charge on any atom is -0.396 e. The highest BCUT2D eigenvalue weighted by atomic mass is 32.1. The Kier molecular flexibility index (Phi) is 12.8. The smallest absolute Gasteiger partial charge is 0.259 e. The van der Waals surface area contributed by atoms with Crippen LogP contribution in [0.25, 0.3) is 27.3 Å². The lowest BCUT2D eigenvalue weighted by Crippen LogP contribution is -2.12. The van der Waals surface area contributed by atoms with Crippen molar-refractivity contribution < 1.29 is 9.90 Å². The second kappa shape index (κ2) is 15.0. The zero-order valence-corrected chi connectivity index (χ0v) is 22.8. The molecule has 188 valence electrons. The Labute approximate surface area is 214 Å². The van der Waals surface area contributed by atoms with Crippen molar-refractivity contribution in [1.29, 1.82) is 5.26 Å². The maximum atomic E-state index is 11.2. The van der Waals surface area contributed by atoms with E-state index in [1.807, 2.05) is 32.3 Å². The summed E-state index contributed by atoms with van der Waals surface area (Å²) in [4.78, 5) is 15.1. The Bertz CT molecular complexity index is 1150. The van der Waals surface area contributed by atoms with Crippen molar-refractivity contribution in [1.82, 2.24) is 0 Å². The first kappa shape index (κ1) is 29.9. The number of aliphatic hydroxyl groups excluding tert-OH is 1. The van der Waals surface area contributed by atoms with Gasteiger partial charge >= 0.3 is 0 Å². The Morgan fingerprint density at radius 2 is 1.66 bits per heavy atom. The molecule has 1 heterocycles. The molecule has 0 aliphatic rings. The minimum atomic E-state index is -0.708. The number of fused-ring (bicyclic) bond motifs is 1. The third-order valence-corrected chi connectivity index (χ3v) is 5.71. The van der Waals surface area contributed by atoms with Crippen LogP contribution in [0, 0.1) is 23.2 Å². The van der Waals surface area contributed by atoms with Gasteiger partial charge in [0.1, 0.15) is 11.6 Å². The maximum absolute atomic E-state index is 11.2. The first-order valence-corrected chi connectivity index (χ1v) is 12.6. The molecule has 0 radical (unpaired) electrons. The summed E-state index contributed by atoms with van der Waals surface area (Å²) >= 11 is 1.52. The van der Waals surface area contributed by atoms with Gasteiger partial charge in [-0.25, -0.2) is 0 Å². The molecule has 0 atom stereocenters. The second-order valence-corrected chi connectivity index (χ2v) is 10.6. The first-order valence-electron chi connectivity index (χ1n) is 11.8. The Morgan fingerprint density at radius 1 is 1.06 bits per heavy atom. The largest absolute Gasteiger partial charge is 0.396 e. The fraction of sp³-hybridized carbons (Fsp3) is 0.379. The van der Waals surface area contributed by atoms with E-state index in [2.05, 4.69) is 75.9 Å². The lowest BCUT2D eigenvalue weighted by molar-refractivity contribution is -0.114. The van der Waals surface area contributed by atoms with Gasteiger partial charge in [0.25, 0.3) is 5.91 Å². The van der Waals surface area contributed by atoms with Gasteiger partial charge in [0.05, 0.1) is 0 Å². The van der Waals surface area contributed by atoms with E-state index in [0.717, 1.165) is 27.7 Å². The lowest BCUT2D eigenvalue weighted by atomic mass is 10.1. The molecule has 1 aromatic heterocycles. The SMILES string of the molecule is CC(C)C.CC(C)CCO.CN(C)c1ccc2cc(-c3ccc(/C=C(\C#N)C(N)=O)s3)ccc2c1. The van der Waals surface area contributed by atoms with Gasteiger partial charge in [-0.3, -0.25) is 4.79 Å². The van der Waals surface area contributed by atoms with Gasteiger partial charge in [0.15, 0.2) is 0 Å². The molecule has 3 rings (SSSR count). The molecule has 3 aromatic rings. The van der Waals surface area contributed by atoms with Crippen LogP contribution < -0.4 is 10.6 Å². The number of amides is 1. The number of thiophene rings is 1. The van der Waals surface area contributed by atoms with Crippen molar-refractivity contribution in [3.63, 3.8) is 0 Å². The van der Waals surface area contributed by atoms with Crippen LogP contribution in [0.1, 0.15) is 45.9 Å². The molecular formula is C29H39N3O2S. The zero-order valence-electron chi connectivity index (χ0n) is 22.0. The zero-order chi connectivity index (χ0) is 26.5. The van der Waals surface area contributed by atoms with E-state index in [1.165, 1.54) is 33.9 Å². The predicted octanol–water partition coefficient (Wildman–Crippen LogP) is 6.71. The van der Waals surface area contributed by atoms with E-state index < -0.39 is 5.91 Å². The summed E-state index contributed by atoms with van der Waals surface area (Å²) in [5.41, 5.74) is 7.41. The lowest BCUT2D eigenvalue weighted by Gasteiger charge is -2.13. The summed E-state index contributed by atoms with van der Waals surface area (Å²) in [5.74, 6) is 0.773. The van der Waals surface area contributed by atoms with E-state index in [4.69, 9.17) is 16.1 Å². The van der Waals surface area contributed by atoms with Crippen molar-refractivity contribution in [2.45, 2.75) is 41.0 Å². The number of nitrogens with two attached hydrogens (primary N) is 1. The maximum Gasteiger partial charge on any atom is 0.259 e. The molecule has 0 bridgehead atoms. The monoisotopic (exact) mass is 493 g/mol. The summed E-state index contributed by atoms with van der Waals surface area (Å²) in [6.45, 7) is 11.0. The Balaban J connectivity index is 0.000000520. The number of nitriles is 1. The molecule has 0 saturated heterocycles. The van der Waals surface area contributed by atoms with Crippen molar-refractivity contribution in [3.05, 3.63) is 59.0 Å². The minimum absolute atomic E-state index is 0.0388. The van der Waals surface area contributed by atoms with E-state index in [9.17, 15) is 4.79 Å². The number of carbonyl (C=O) groups is 1. The highest BCUT2D eigenvalue weighted by Crippen LogP contribution is 2.32. The predicted molar refractivity (Wildman–Crippen MR) is 151 cm³/mol. The molecule has 0 fully saturated rings. The molecule has 5 nitrogen and oxygen atoms in total. The standard InChI is InChI=1S/C20H17N3OS.C5H12O.C4H10/c1-23(2)17-6-5-13-9-15(4-3-14(13)10-17)19-8-7-18(25-19)11-16(12-21)20(22)24;1-5(2)3-4-6;1-4(2)3/h3-11H,1-2H3,(H2,22,24);5-6H,3-4H2,1-2H3;4H,1-3H3/b16-11+;;. The average Bonchev–Trinajstić information content (AvgIpc) is 3.25. The number of rotatable bonds is 6. The summed E-state index contributed by atoms with van der Waals surface area (Å²) in [6, 6.07) is 18.4. The number of primary amides is 1. The number of aliphatic hydroxyl groups is 1. The van der Waals surface area contributed by atoms with Crippen LogP contribution in [0.3, 0.4) is 0 Å².